The third-order valence-electron chi connectivity index (χ3n) is 5.39. The summed E-state index contributed by atoms with van der Waals surface area (Å²) in [6.45, 7) is -0.435. The number of ether oxygens (including phenoxy) is 1. The average molecular weight is 351 g/mol. The number of aliphatic hydroxyl groups is 3. The molecule has 2 fully saturated rings. The molecule has 25 heavy (non-hydrogen) atoms. The molecule has 4 atom stereocenters. The molecule has 4 rings (SSSR count). The second kappa shape index (κ2) is 5.77. The van der Waals surface area contributed by atoms with E-state index in [1.807, 2.05) is 0 Å². The van der Waals surface area contributed by atoms with Crippen molar-refractivity contribution < 1.29 is 20.1 Å². The van der Waals surface area contributed by atoms with E-state index in [2.05, 4.69) is 15.0 Å². The van der Waals surface area contributed by atoms with Crippen LogP contribution in [0.15, 0.2) is 11.1 Å². The Balaban J connectivity index is 1.95. The molecule has 1 aliphatic carbocycles. The molecule has 2 aromatic heterocycles. The Hall–Kier alpha value is -2.01. The van der Waals surface area contributed by atoms with Crippen molar-refractivity contribution in [1.29, 1.82) is 0 Å². The Morgan fingerprint density at radius 1 is 1.40 bits per heavy atom. The number of nitrogen functional groups attached to an aromatic ring is 1. The minimum Gasteiger partial charge on any atom is -0.394 e. The zero-order valence-corrected chi connectivity index (χ0v) is 13.5. The summed E-state index contributed by atoms with van der Waals surface area (Å²) in [7, 11) is 0. The third kappa shape index (κ3) is 2.21. The zero-order chi connectivity index (χ0) is 17.8. The fraction of sp³-hybridized carbons (Fsp3) is 0.667. The van der Waals surface area contributed by atoms with Crippen LogP contribution in [-0.4, -0.2) is 59.8 Å². The van der Waals surface area contributed by atoms with Gasteiger partial charge in [0, 0.05) is 5.92 Å². The highest BCUT2D eigenvalue weighted by atomic mass is 16.6. The molecule has 1 aliphatic heterocycles. The number of aromatic amines is 1. The van der Waals surface area contributed by atoms with E-state index in [4.69, 9.17) is 10.5 Å². The Bertz CT molecular complexity index is 844. The summed E-state index contributed by atoms with van der Waals surface area (Å²) in [5.74, 6) is -0.194. The Kier molecular flexibility index (Phi) is 3.80. The third-order valence-corrected chi connectivity index (χ3v) is 5.39. The molecule has 0 unspecified atom stereocenters. The smallest absolute Gasteiger partial charge is 0.280 e. The highest BCUT2D eigenvalue weighted by Crippen LogP contribution is 2.48. The highest BCUT2D eigenvalue weighted by Gasteiger charge is 2.60. The van der Waals surface area contributed by atoms with E-state index >= 15 is 0 Å². The molecule has 0 aromatic carbocycles. The molecule has 2 aromatic rings. The van der Waals surface area contributed by atoms with Crippen molar-refractivity contribution in [2.45, 2.75) is 49.7 Å². The summed E-state index contributed by atoms with van der Waals surface area (Å²) in [5, 5.41) is 30.7. The molecule has 1 saturated heterocycles. The van der Waals surface area contributed by atoms with Gasteiger partial charge in [-0.1, -0.05) is 12.8 Å². The van der Waals surface area contributed by atoms with Crippen LogP contribution in [0.5, 0.6) is 0 Å². The highest BCUT2D eigenvalue weighted by molar-refractivity contribution is 5.71. The van der Waals surface area contributed by atoms with Crippen LogP contribution >= 0.6 is 0 Å². The first-order chi connectivity index (χ1) is 12.0. The van der Waals surface area contributed by atoms with Crippen molar-refractivity contribution in [3.8, 4) is 0 Å². The van der Waals surface area contributed by atoms with Crippen LogP contribution in [0.1, 0.15) is 25.7 Å². The number of nitrogens with zero attached hydrogens (tertiary/aromatic N) is 3. The summed E-state index contributed by atoms with van der Waals surface area (Å²) in [4.78, 5) is 22.7. The van der Waals surface area contributed by atoms with Gasteiger partial charge in [0.1, 0.15) is 18.3 Å². The molecule has 0 amide bonds. The molecule has 6 N–H and O–H groups in total. The Labute approximate surface area is 142 Å². The van der Waals surface area contributed by atoms with Gasteiger partial charge < -0.3 is 25.8 Å². The van der Waals surface area contributed by atoms with Crippen molar-refractivity contribution in [3.05, 3.63) is 16.7 Å². The van der Waals surface area contributed by atoms with E-state index in [1.165, 1.54) is 10.9 Å². The summed E-state index contributed by atoms with van der Waals surface area (Å²) in [6, 6.07) is 0. The van der Waals surface area contributed by atoms with Gasteiger partial charge >= 0.3 is 0 Å². The minimum absolute atomic E-state index is 0.0734. The van der Waals surface area contributed by atoms with Crippen molar-refractivity contribution in [2.24, 2.45) is 5.92 Å². The SMILES string of the molecule is Nc1nc2c(ncn2[C@]2(C3CCCC3)O[C@H](CO)[C@@H](O)[C@H]2O)c(=O)[nH]1. The molecule has 10 nitrogen and oxygen atoms in total. The Morgan fingerprint density at radius 3 is 2.76 bits per heavy atom. The maximum absolute atomic E-state index is 12.1. The van der Waals surface area contributed by atoms with E-state index in [1.54, 1.807) is 0 Å². The number of fused-ring (bicyclic) bond motifs is 1. The number of aromatic nitrogens is 4. The molecule has 10 heteroatoms. The van der Waals surface area contributed by atoms with Gasteiger partial charge in [-0.3, -0.25) is 14.3 Å². The maximum atomic E-state index is 12.1. The molecule has 0 bridgehead atoms. The summed E-state index contributed by atoms with van der Waals surface area (Å²) in [6.07, 6.45) is 1.36. The lowest BCUT2D eigenvalue weighted by Gasteiger charge is -2.39. The first-order valence-corrected chi connectivity index (χ1v) is 8.37. The van der Waals surface area contributed by atoms with Crippen LogP contribution in [0.3, 0.4) is 0 Å². The monoisotopic (exact) mass is 351 g/mol. The zero-order valence-electron chi connectivity index (χ0n) is 13.5. The van der Waals surface area contributed by atoms with Gasteiger partial charge in [-0.2, -0.15) is 4.98 Å². The van der Waals surface area contributed by atoms with E-state index < -0.39 is 36.2 Å². The summed E-state index contributed by atoms with van der Waals surface area (Å²) in [5.41, 5.74) is 4.07. The van der Waals surface area contributed by atoms with Crippen LogP contribution in [0.4, 0.5) is 5.95 Å². The fourth-order valence-corrected chi connectivity index (χ4v) is 4.23. The summed E-state index contributed by atoms with van der Waals surface area (Å²) < 4.78 is 7.51. The number of aliphatic hydroxyl groups excluding tert-OH is 3. The number of nitrogens with one attached hydrogen (secondary N) is 1. The topological polar surface area (TPSA) is 160 Å². The van der Waals surface area contributed by atoms with Gasteiger partial charge in [-0.05, 0) is 12.8 Å². The van der Waals surface area contributed by atoms with Crippen molar-refractivity contribution >= 4 is 17.1 Å². The van der Waals surface area contributed by atoms with Crippen LogP contribution in [-0.2, 0) is 10.5 Å². The molecule has 2 aliphatic rings. The number of anilines is 1. The van der Waals surface area contributed by atoms with Gasteiger partial charge in [0.15, 0.2) is 16.9 Å². The van der Waals surface area contributed by atoms with Gasteiger partial charge in [0.25, 0.3) is 5.56 Å². The van der Waals surface area contributed by atoms with Gasteiger partial charge in [-0.25, -0.2) is 4.98 Å². The molecular weight excluding hydrogens is 330 g/mol. The molecule has 3 heterocycles. The van der Waals surface area contributed by atoms with Crippen LogP contribution < -0.4 is 11.3 Å². The predicted molar refractivity (Wildman–Crippen MR) is 86.5 cm³/mol. The van der Waals surface area contributed by atoms with Crippen LogP contribution in [0.25, 0.3) is 11.2 Å². The molecular formula is C15H21N5O5. The van der Waals surface area contributed by atoms with Crippen molar-refractivity contribution in [1.82, 2.24) is 19.5 Å². The number of hydrogen-bond acceptors (Lipinski definition) is 8. The lowest BCUT2D eigenvalue weighted by atomic mass is 9.87. The second-order valence-electron chi connectivity index (χ2n) is 6.75. The Morgan fingerprint density at radius 2 is 2.12 bits per heavy atom. The predicted octanol–water partition coefficient (Wildman–Crippen LogP) is -1.34. The maximum Gasteiger partial charge on any atom is 0.280 e. The number of rotatable bonds is 3. The van der Waals surface area contributed by atoms with Gasteiger partial charge in [0.2, 0.25) is 5.95 Å². The summed E-state index contributed by atoms with van der Waals surface area (Å²) >= 11 is 0. The lowest BCUT2D eigenvalue weighted by molar-refractivity contribution is -0.180. The van der Waals surface area contributed by atoms with Gasteiger partial charge in [-0.15, -0.1) is 0 Å². The number of hydrogen-bond donors (Lipinski definition) is 5. The van der Waals surface area contributed by atoms with Gasteiger partial charge in [0.05, 0.1) is 12.9 Å². The first-order valence-electron chi connectivity index (χ1n) is 8.37. The van der Waals surface area contributed by atoms with E-state index in [-0.39, 0.29) is 23.0 Å². The second-order valence-corrected chi connectivity index (χ2v) is 6.75. The van der Waals surface area contributed by atoms with Crippen molar-refractivity contribution in [3.63, 3.8) is 0 Å². The van der Waals surface area contributed by atoms with Crippen molar-refractivity contribution in [2.75, 3.05) is 12.3 Å². The average Bonchev–Trinajstić information content (AvgIpc) is 3.29. The fourth-order valence-electron chi connectivity index (χ4n) is 4.23. The largest absolute Gasteiger partial charge is 0.394 e. The number of nitrogens with two attached hydrogens (primary N) is 1. The standard InChI is InChI=1S/C15H21N5O5/c16-14-18-12-9(13(24)19-14)17-6-20(12)15(7-3-1-2-4-7)11(23)10(22)8(5-21)25-15/h6-8,10-11,21-23H,1-5H2,(H3,16,18,19,24)/t8-,10-,11-,15-/m1/s1. The number of H-pyrrole nitrogens is 1. The van der Waals surface area contributed by atoms with Crippen LogP contribution in [0.2, 0.25) is 0 Å². The van der Waals surface area contributed by atoms with E-state index in [0.717, 1.165) is 25.7 Å². The molecule has 0 radical (unpaired) electrons. The first kappa shape index (κ1) is 16.5. The molecule has 0 spiro atoms. The quantitative estimate of drug-likeness (QED) is 0.454. The van der Waals surface area contributed by atoms with E-state index in [9.17, 15) is 20.1 Å². The van der Waals surface area contributed by atoms with E-state index in [0.29, 0.717) is 0 Å². The normalized spacial score (nSPS) is 33.5. The molecule has 136 valence electrons. The number of imidazole rings is 1. The van der Waals surface area contributed by atoms with Crippen LogP contribution in [0, 0.1) is 5.92 Å². The molecule has 1 saturated carbocycles. The lowest BCUT2D eigenvalue weighted by Crippen LogP contribution is -2.50. The minimum atomic E-state index is -1.36.